The number of nitrogens with one attached hydrogen (secondary N) is 2. The highest BCUT2D eigenvalue weighted by molar-refractivity contribution is 5.84. The van der Waals surface area contributed by atoms with E-state index in [2.05, 4.69) is 48.5 Å². The molecule has 0 fully saturated rings. The summed E-state index contributed by atoms with van der Waals surface area (Å²) >= 11 is 0. The Morgan fingerprint density at radius 1 is 1.29 bits per heavy atom. The molecule has 17 heavy (non-hydrogen) atoms. The summed E-state index contributed by atoms with van der Waals surface area (Å²) in [5, 5.41) is 4.59. The minimum Gasteiger partial charge on any atom is -0.361 e. The van der Waals surface area contributed by atoms with Crippen LogP contribution in [-0.2, 0) is 6.42 Å². The Labute approximate surface area is 103 Å². The fourth-order valence-electron chi connectivity index (χ4n) is 2.22. The smallest absolute Gasteiger partial charge is 0.0456 e. The van der Waals surface area contributed by atoms with Crippen molar-refractivity contribution in [2.24, 2.45) is 0 Å². The normalized spacial score (nSPS) is 11.5. The van der Waals surface area contributed by atoms with Crippen molar-refractivity contribution >= 4 is 10.9 Å². The number of hydrogen-bond donors (Lipinski definition) is 2. The van der Waals surface area contributed by atoms with Crippen molar-refractivity contribution in [3.8, 4) is 0 Å². The van der Waals surface area contributed by atoms with Gasteiger partial charge < -0.3 is 10.3 Å². The average Bonchev–Trinajstić information content (AvgIpc) is 2.72. The van der Waals surface area contributed by atoms with Gasteiger partial charge in [-0.3, -0.25) is 0 Å². The molecular formula is C15H22N2. The van der Waals surface area contributed by atoms with Crippen molar-refractivity contribution in [3.63, 3.8) is 0 Å². The fraction of sp³-hybridized carbons (Fsp3) is 0.467. The fourth-order valence-corrected chi connectivity index (χ4v) is 2.22. The molecule has 1 heterocycles. The Kier molecular flexibility index (Phi) is 3.85. The molecule has 0 saturated carbocycles. The zero-order valence-electron chi connectivity index (χ0n) is 11.0. The van der Waals surface area contributed by atoms with Gasteiger partial charge in [0, 0.05) is 17.1 Å². The van der Waals surface area contributed by atoms with E-state index in [0.29, 0.717) is 5.92 Å². The highest BCUT2D eigenvalue weighted by Gasteiger charge is 2.06. The number of hydrogen-bond acceptors (Lipinski definition) is 1. The lowest BCUT2D eigenvalue weighted by molar-refractivity contribution is 0.726. The standard InChI is InChI=1S/C15H22N2/c1-11(2)12-6-7-15-14(9-12)13(10-17-15)5-4-8-16-3/h6-7,9-11,16-17H,4-5,8H2,1-3H3. The van der Waals surface area contributed by atoms with Crippen LogP contribution < -0.4 is 5.32 Å². The van der Waals surface area contributed by atoms with Crippen molar-refractivity contribution in [1.29, 1.82) is 0 Å². The lowest BCUT2D eigenvalue weighted by Gasteiger charge is -2.06. The largest absolute Gasteiger partial charge is 0.361 e. The molecule has 1 aromatic heterocycles. The maximum Gasteiger partial charge on any atom is 0.0456 e. The van der Waals surface area contributed by atoms with Gasteiger partial charge in [0.2, 0.25) is 0 Å². The van der Waals surface area contributed by atoms with E-state index in [4.69, 9.17) is 0 Å². The molecule has 2 aromatic rings. The second-order valence-corrected chi connectivity index (χ2v) is 4.98. The summed E-state index contributed by atoms with van der Waals surface area (Å²) < 4.78 is 0. The third-order valence-electron chi connectivity index (χ3n) is 3.33. The third-order valence-corrected chi connectivity index (χ3v) is 3.33. The molecular weight excluding hydrogens is 208 g/mol. The molecule has 0 amide bonds. The number of H-pyrrole nitrogens is 1. The first-order chi connectivity index (χ1) is 8.22. The van der Waals surface area contributed by atoms with Crippen LogP contribution in [0.25, 0.3) is 10.9 Å². The zero-order chi connectivity index (χ0) is 12.3. The highest BCUT2D eigenvalue weighted by Crippen LogP contribution is 2.24. The Hall–Kier alpha value is -1.28. The number of fused-ring (bicyclic) bond motifs is 1. The molecule has 0 aliphatic carbocycles. The molecule has 0 radical (unpaired) electrons. The van der Waals surface area contributed by atoms with E-state index in [0.717, 1.165) is 13.0 Å². The maximum absolute atomic E-state index is 3.36. The Balaban J connectivity index is 2.26. The summed E-state index contributed by atoms with van der Waals surface area (Å²) in [5.74, 6) is 0.597. The molecule has 92 valence electrons. The van der Waals surface area contributed by atoms with Crippen LogP contribution in [-0.4, -0.2) is 18.6 Å². The molecule has 2 heteroatoms. The van der Waals surface area contributed by atoms with Gasteiger partial charge in [0.05, 0.1) is 0 Å². The molecule has 2 nitrogen and oxygen atoms in total. The maximum atomic E-state index is 3.36. The summed E-state index contributed by atoms with van der Waals surface area (Å²) in [4.78, 5) is 3.36. The Bertz CT molecular complexity index is 483. The quantitative estimate of drug-likeness (QED) is 0.757. The van der Waals surface area contributed by atoms with Crippen LogP contribution >= 0.6 is 0 Å². The van der Waals surface area contributed by atoms with Crippen LogP contribution in [0.4, 0.5) is 0 Å². The monoisotopic (exact) mass is 230 g/mol. The van der Waals surface area contributed by atoms with Crippen LogP contribution in [0, 0.1) is 0 Å². The number of aromatic nitrogens is 1. The molecule has 0 atom stereocenters. The summed E-state index contributed by atoms with van der Waals surface area (Å²) in [6.07, 6.45) is 4.49. The van der Waals surface area contributed by atoms with Crippen LogP contribution in [0.5, 0.6) is 0 Å². The second kappa shape index (κ2) is 5.37. The van der Waals surface area contributed by atoms with Crippen LogP contribution in [0.1, 0.15) is 37.3 Å². The zero-order valence-corrected chi connectivity index (χ0v) is 11.0. The minimum absolute atomic E-state index is 0.597. The second-order valence-electron chi connectivity index (χ2n) is 4.98. The van der Waals surface area contributed by atoms with Gasteiger partial charge in [0.25, 0.3) is 0 Å². The van der Waals surface area contributed by atoms with Gasteiger partial charge in [-0.15, -0.1) is 0 Å². The molecule has 0 saturated heterocycles. The van der Waals surface area contributed by atoms with E-state index in [9.17, 15) is 0 Å². The lowest BCUT2D eigenvalue weighted by atomic mass is 9.99. The number of aromatic amines is 1. The van der Waals surface area contributed by atoms with Gasteiger partial charge in [-0.2, -0.15) is 0 Å². The summed E-state index contributed by atoms with van der Waals surface area (Å²) in [7, 11) is 2.01. The van der Waals surface area contributed by atoms with E-state index in [1.165, 1.54) is 28.5 Å². The molecule has 0 aliphatic heterocycles. The van der Waals surface area contributed by atoms with E-state index in [1.807, 2.05) is 7.05 Å². The lowest BCUT2D eigenvalue weighted by Crippen LogP contribution is -2.08. The van der Waals surface area contributed by atoms with Gasteiger partial charge in [0.15, 0.2) is 0 Å². The molecule has 0 aliphatic rings. The first-order valence-electron chi connectivity index (χ1n) is 6.47. The topological polar surface area (TPSA) is 27.8 Å². The van der Waals surface area contributed by atoms with E-state index >= 15 is 0 Å². The van der Waals surface area contributed by atoms with Crippen molar-refractivity contribution in [1.82, 2.24) is 10.3 Å². The van der Waals surface area contributed by atoms with Crippen LogP contribution in [0.2, 0.25) is 0 Å². The highest BCUT2D eigenvalue weighted by atomic mass is 14.8. The van der Waals surface area contributed by atoms with E-state index in [1.54, 1.807) is 0 Å². The summed E-state index contributed by atoms with van der Waals surface area (Å²) in [5.41, 5.74) is 4.12. The molecule has 1 aromatic carbocycles. The van der Waals surface area contributed by atoms with Crippen molar-refractivity contribution < 1.29 is 0 Å². The minimum atomic E-state index is 0.597. The van der Waals surface area contributed by atoms with Gasteiger partial charge in [-0.1, -0.05) is 19.9 Å². The van der Waals surface area contributed by atoms with Gasteiger partial charge in [-0.05, 0) is 55.6 Å². The molecule has 2 rings (SSSR count). The first-order valence-corrected chi connectivity index (χ1v) is 6.47. The van der Waals surface area contributed by atoms with Gasteiger partial charge >= 0.3 is 0 Å². The predicted octanol–water partition coefficient (Wildman–Crippen LogP) is 3.44. The summed E-state index contributed by atoms with van der Waals surface area (Å²) in [6.45, 7) is 5.57. The third kappa shape index (κ3) is 2.70. The van der Waals surface area contributed by atoms with Gasteiger partial charge in [0.1, 0.15) is 0 Å². The SMILES string of the molecule is CNCCCc1c[nH]c2ccc(C(C)C)cc12. The molecule has 0 unspecified atom stereocenters. The van der Waals surface area contributed by atoms with E-state index < -0.39 is 0 Å². The Morgan fingerprint density at radius 2 is 2.12 bits per heavy atom. The Morgan fingerprint density at radius 3 is 2.82 bits per heavy atom. The van der Waals surface area contributed by atoms with Crippen LogP contribution in [0.3, 0.4) is 0 Å². The molecule has 0 spiro atoms. The first kappa shape index (κ1) is 12.2. The van der Waals surface area contributed by atoms with Gasteiger partial charge in [-0.25, -0.2) is 0 Å². The van der Waals surface area contributed by atoms with Crippen molar-refractivity contribution in [3.05, 3.63) is 35.5 Å². The molecule has 2 N–H and O–H groups in total. The number of aryl methyl sites for hydroxylation is 1. The number of rotatable bonds is 5. The van der Waals surface area contributed by atoms with Crippen molar-refractivity contribution in [2.45, 2.75) is 32.6 Å². The number of benzene rings is 1. The summed E-state index contributed by atoms with van der Waals surface area (Å²) in [6, 6.07) is 6.76. The predicted molar refractivity (Wildman–Crippen MR) is 74.6 cm³/mol. The van der Waals surface area contributed by atoms with E-state index in [-0.39, 0.29) is 0 Å². The van der Waals surface area contributed by atoms with Crippen molar-refractivity contribution in [2.75, 3.05) is 13.6 Å². The van der Waals surface area contributed by atoms with Crippen LogP contribution in [0.15, 0.2) is 24.4 Å². The average molecular weight is 230 g/mol. The molecule has 0 bridgehead atoms.